The van der Waals surface area contributed by atoms with Gasteiger partial charge in [-0.05, 0) is 92.3 Å². The summed E-state index contributed by atoms with van der Waals surface area (Å²) in [6.45, 7) is 11.4. The van der Waals surface area contributed by atoms with Gasteiger partial charge in [-0.25, -0.2) is 24.0 Å². The molecule has 13 nitrogen and oxygen atoms in total. The zero-order valence-corrected chi connectivity index (χ0v) is 26.0. The van der Waals surface area contributed by atoms with Crippen LogP contribution in [-0.2, 0) is 35.1 Å². The minimum atomic E-state index is -1.49. The maximum atomic E-state index is 13.4. The number of unbranched alkanes of at least 4 members (excludes halogenated alkanes) is 1. The normalized spacial score (nSPS) is 15.3. The number of rotatable bonds is 11. The van der Waals surface area contributed by atoms with Crippen LogP contribution in [0.5, 0.6) is 0 Å². The number of benzene rings is 1. The molecule has 1 fully saturated rings. The van der Waals surface area contributed by atoms with Gasteiger partial charge in [0.15, 0.2) is 0 Å². The molecule has 0 saturated carbocycles. The van der Waals surface area contributed by atoms with Gasteiger partial charge in [0.05, 0.1) is 0 Å². The Kier molecular flexibility index (Phi) is 13.2. The smallest absolute Gasteiger partial charge is 0.408 e. The molecule has 43 heavy (non-hydrogen) atoms. The van der Waals surface area contributed by atoms with Gasteiger partial charge in [-0.2, -0.15) is 0 Å². The fourth-order valence-electron chi connectivity index (χ4n) is 4.13. The van der Waals surface area contributed by atoms with Crippen molar-refractivity contribution in [1.82, 2.24) is 21.3 Å². The van der Waals surface area contributed by atoms with E-state index in [9.17, 15) is 24.0 Å². The zero-order valence-electron chi connectivity index (χ0n) is 26.0. The van der Waals surface area contributed by atoms with E-state index in [0.717, 1.165) is 5.56 Å². The van der Waals surface area contributed by atoms with Crippen molar-refractivity contribution in [3.63, 3.8) is 0 Å². The highest BCUT2D eigenvalue weighted by Gasteiger charge is 2.45. The number of hydrogen-bond donors (Lipinski definition) is 4. The SMILES string of the molecule is CC(C)(C)OC(=O)NCCCC[C@@H](NC(=O)OCc1ccccc1)C(=O)OC(=O)C1(NC(=O)OC(C)(C)C)CCNCC1. The number of alkyl carbamates (subject to hydrolysis) is 3. The van der Waals surface area contributed by atoms with E-state index in [2.05, 4.69) is 21.3 Å². The fourth-order valence-corrected chi connectivity index (χ4v) is 4.13. The minimum absolute atomic E-state index is 0.0247. The van der Waals surface area contributed by atoms with Crippen molar-refractivity contribution in [3.05, 3.63) is 35.9 Å². The predicted molar refractivity (Wildman–Crippen MR) is 157 cm³/mol. The zero-order chi connectivity index (χ0) is 32.1. The van der Waals surface area contributed by atoms with Gasteiger partial charge in [0.1, 0.15) is 29.4 Å². The number of hydrogen-bond acceptors (Lipinski definition) is 10. The number of carbonyl (C=O) groups excluding carboxylic acids is 5. The number of nitrogens with one attached hydrogen (secondary N) is 4. The number of carbonyl (C=O) groups is 5. The van der Waals surface area contributed by atoms with Gasteiger partial charge in [0.25, 0.3) is 0 Å². The summed E-state index contributed by atoms with van der Waals surface area (Å²) in [6.07, 6.45) is -0.971. The highest BCUT2D eigenvalue weighted by atomic mass is 16.6. The average Bonchev–Trinajstić information content (AvgIpc) is 2.90. The topological polar surface area (TPSA) is 170 Å². The lowest BCUT2D eigenvalue weighted by Gasteiger charge is -2.36. The van der Waals surface area contributed by atoms with E-state index in [1.807, 2.05) is 6.07 Å². The molecule has 0 bridgehead atoms. The van der Waals surface area contributed by atoms with Gasteiger partial charge < -0.3 is 40.2 Å². The summed E-state index contributed by atoms with van der Waals surface area (Å²) in [5.41, 5.74) is -2.18. The van der Waals surface area contributed by atoms with E-state index in [1.54, 1.807) is 65.8 Å². The standard InChI is InChI=1S/C30H46N4O9/c1-28(2,3)42-25(37)32-17-11-10-14-22(33-26(38)40-20-21-12-8-7-9-13-21)23(35)41-24(36)30(15-18-31-19-16-30)34-27(39)43-29(4,5)6/h7-9,12-13,22,31H,10-11,14-20H2,1-6H3,(H,32,37)(H,33,38)(H,34,39)/t22-/m1/s1. The van der Waals surface area contributed by atoms with Crippen LogP contribution >= 0.6 is 0 Å². The first-order valence-corrected chi connectivity index (χ1v) is 14.5. The molecule has 1 aliphatic heterocycles. The Balaban J connectivity index is 2.05. The average molecular weight is 607 g/mol. The van der Waals surface area contributed by atoms with Crippen LogP contribution in [0.25, 0.3) is 0 Å². The maximum Gasteiger partial charge on any atom is 0.408 e. The summed E-state index contributed by atoms with van der Waals surface area (Å²) in [7, 11) is 0. The van der Waals surface area contributed by atoms with Crippen LogP contribution in [0.3, 0.4) is 0 Å². The molecule has 1 saturated heterocycles. The van der Waals surface area contributed by atoms with E-state index >= 15 is 0 Å². The second-order valence-corrected chi connectivity index (χ2v) is 12.4. The van der Waals surface area contributed by atoms with E-state index in [4.69, 9.17) is 18.9 Å². The molecule has 1 aliphatic rings. The lowest BCUT2D eigenvalue weighted by Crippen LogP contribution is -2.61. The van der Waals surface area contributed by atoms with Crippen molar-refractivity contribution >= 4 is 30.2 Å². The second kappa shape index (κ2) is 16.1. The summed E-state index contributed by atoms with van der Waals surface area (Å²) < 4.78 is 21.1. The number of amides is 3. The summed E-state index contributed by atoms with van der Waals surface area (Å²) >= 11 is 0. The Morgan fingerprint density at radius 1 is 0.860 bits per heavy atom. The van der Waals surface area contributed by atoms with E-state index in [1.165, 1.54) is 0 Å². The van der Waals surface area contributed by atoms with Crippen LogP contribution in [0.15, 0.2) is 30.3 Å². The highest BCUT2D eigenvalue weighted by molar-refractivity contribution is 5.96. The van der Waals surface area contributed by atoms with Crippen molar-refractivity contribution in [1.29, 1.82) is 0 Å². The molecule has 0 aliphatic carbocycles. The Hall–Kier alpha value is -3.87. The van der Waals surface area contributed by atoms with Gasteiger partial charge in [-0.1, -0.05) is 30.3 Å². The van der Waals surface area contributed by atoms with Crippen molar-refractivity contribution in [2.75, 3.05) is 19.6 Å². The molecule has 3 amide bonds. The lowest BCUT2D eigenvalue weighted by atomic mass is 9.88. The van der Waals surface area contributed by atoms with Crippen molar-refractivity contribution in [2.24, 2.45) is 0 Å². The molecule has 1 aromatic rings. The molecule has 240 valence electrons. The first-order chi connectivity index (χ1) is 20.1. The Labute approximate surface area is 253 Å². The molecule has 0 aromatic heterocycles. The molecule has 1 aromatic carbocycles. The van der Waals surface area contributed by atoms with Gasteiger partial charge in [-0.15, -0.1) is 0 Å². The monoisotopic (exact) mass is 606 g/mol. The summed E-state index contributed by atoms with van der Waals surface area (Å²) in [5, 5.41) is 10.8. The van der Waals surface area contributed by atoms with Crippen molar-refractivity contribution in [3.8, 4) is 0 Å². The van der Waals surface area contributed by atoms with Gasteiger partial charge in [0, 0.05) is 6.54 Å². The minimum Gasteiger partial charge on any atom is -0.445 e. The van der Waals surface area contributed by atoms with Gasteiger partial charge in [0.2, 0.25) is 0 Å². The highest BCUT2D eigenvalue weighted by Crippen LogP contribution is 2.22. The van der Waals surface area contributed by atoms with Crippen LogP contribution < -0.4 is 21.3 Å². The van der Waals surface area contributed by atoms with Crippen LogP contribution in [0.4, 0.5) is 14.4 Å². The maximum absolute atomic E-state index is 13.4. The van der Waals surface area contributed by atoms with Crippen LogP contribution in [0.1, 0.15) is 79.2 Å². The molecule has 0 radical (unpaired) electrons. The van der Waals surface area contributed by atoms with Crippen LogP contribution in [0.2, 0.25) is 0 Å². The van der Waals surface area contributed by atoms with Crippen molar-refractivity contribution < 1.29 is 42.9 Å². The molecule has 1 atom stereocenters. The third-order valence-corrected chi connectivity index (χ3v) is 6.16. The van der Waals surface area contributed by atoms with Crippen LogP contribution in [0, 0.1) is 0 Å². The van der Waals surface area contributed by atoms with E-state index < -0.39 is 53.0 Å². The largest absolute Gasteiger partial charge is 0.445 e. The Bertz CT molecular complexity index is 1090. The summed E-state index contributed by atoms with van der Waals surface area (Å²) in [5.74, 6) is -1.94. The molecular formula is C30H46N4O9. The Morgan fingerprint density at radius 2 is 1.47 bits per heavy atom. The first kappa shape index (κ1) is 35.3. The second-order valence-electron chi connectivity index (χ2n) is 12.4. The predicted octanol–water partition coefficient (Wildman–Crippen LogP) is 3.69. The molecule has 4 N–H and O–H groups in total. The van der Waals surface area contributed by atoms with E-state index in [0.29, 0.717) is 25.9 Å². The van der Waals surface area contributed by atoms with Crippen molar-refractivity contribution in [2.45, 2.75) is 103 Å². The first-order valence-electron chi connectivity index (χ1n) is 14.5. The third kappa shape index (κ3) is 13.8. The third-order valence-electron chi connectivity index (χ3n) is 6.16. The quantitative estimate of drug-likeness (QED) is 0.126. The number of piperidine rings is 1. The number of ether oxygens (including phenoxy) is 4. The molecule has 2 rings (SSSR count). The van der Waals surface area contributed by atoms with Crippen LogP contribution in [-0.4, -0.2) is 72.6 Å². The molecular weight excluding hydrogens is 560 g/mol. The van der Waals surface area contributed by atoms with Gasteiger partial charge in [-0.3, -0.25) is 0 Å². The summed E-state index contributed by atoms with van der Waals surface area (Å²) in [6, 6.07) is 7.77. The molecule has 1 heterocycles. The molecule has 0 unspecified atom stereocenters. The van der Waals surface area contributed by atoms with Gasteiger partial charge >= 0.3 is 30.2 Å². The molecule has 0 spiro atoms. The van der Waals surface area contributed by atoms with E-state index in [-0.39, 0.29) is 32.4 Å². The number of esters is 2. The lowest BCUT2D eigenvalue weighted by molar-refractivity contribution is -0.167. The Morgan fingerprint density at radius 3 is 2.07 bits per heavy atom. The molecule has 13 heteroatoms. The fraction of sp³-hybridized carbons (Fsp3) is 0.633. The summed E-state index contributed by atoms with van der Waals surface area (Å²) in [4.78, 5) is 63.6.